The minimum atomic E-state index is -0.156. The van der Waals surface area contributed by atoms with E-state index in [1.807, 2.05) is 19.4 Å². The maximum Gasteiger partial charge on any atom is 0.243 e. The van der Waals surface area contributed by atoms with Crippen LogP contribution in [0.5, 0.6) is 0 Å². The van der Waals surface area contributed by atoms with E-state index in [2.05, 4.69) is 30.6 Å². The number of ether oxygens (including phenoxy) is 1. The number of nitrogens with zero attached hydrogens (tertiary/aromatic N) is 5. The van der Waals surface area contributed by atoms with E-state index in [1.165, 1.54) is 0 Å². The van der Waals surface area contributed by atoms with Crippen LogP contribution in [0.4, 0.5) is 5.69 Å². The molecule has 0 spiro atoms. The Morgan fingerprint density at radius 3 is 2.96 bits per heavy atom. The van der Waals surface area contributed by atoms with Crippen molar-refractivity contribution in [1.29, 1.82) is 0 Å². The largest absolute Gasteiger partial charge is 0.370 e. The zero-order valence-corrected chi connectivity index (χ0v) is 17.7. The van der Waals surface area contributed by atoms with Gasteiger partial charge in [0.25, 0.3) is 0 Å². The quantitative estimate of drug-likeness (QED) is 0.382. The van der Waals surface area contributed by atoms with Gasteiger partial charge in [-0.1, -0.05) is 0 Å². The number of aliphatic imine (C=N–C) groups is 1. The molecule has 1 saturated heterocycles. The molecular formula is C17H24IN7O2. The van der Waals surface area contributed by atoms with Gasteiger partial charge in [0.2, 0.25) is 5.91 Å². The van der Waals surface area contributed by atoms with Crippen LogP contribution >= 0.6 is 24.0 Å². The molecule has 0 bridgehead atoms. The molecule has 0 radical (unpaired) electrons. The molecule has 0 aliphatic carbocycles. The lowest BCUT2D eigenvalue weighted by molar-refractivity contribution is -0.115. The molecule has 3 rings (SSSR count). The second kappa shape index (κ2) is 10.2. The summed E-state index contributed by atoms with van der Waals surface area (Å²) in [7, 11) is 3.58. The number of nitrogens with one attached hydrogen (secondary N) is 2. The molecule has 27 heavy (non-hydrogen) atoms. The normalized spacial score (nSPS) is 17.2. The molecule has 2 N–H and O–H groups in total. The number of hydrogen-bond acceptors (Lipinski definition) is 5. The Morgan fingerprint density at radius 2 is 2.30 bits per heavy atom. The first-order valence-corrected chi connectivity index (χ1v) is 8.41. The lowest BCUT2D eigenvalue weighted by Gasteiger charge is -2.34. The lowest BCUT2D eigenvalue weighted by Crippen LogP contribution is -2.49. The van der Waals surface area contributed by atoms with Gasteiger partial charge in [-0.25, -0.2) is 0 Å². The molecule has 1 aliphatic heterocycles. The zero-order chi connectivity index (χ0) is 18.4. The Kier molecular flexibility index (Phi) is 7.98. The van der Waals surface area contributed by atoms with Crippen molar-refractivity contribution in [2.45, 2.75) is 6.10 Å². The number of carbonyl (C=O) groups excluding carboxylic acids is 1. The Morgan fingerprint density at radius 1 is 1.44 bits per heavy atom. The van der Waals surface area contributed by atoms with Gasteiger partial charge in [0.15, 0.2) is 5.96 Å². The Balaban J connectivity index is 0.00000261. The van der Waals surface area contributed by atoms with Gasteiger partial charge in [0.05, 0.1) is 37.8 Å². The smallest absolute Gasteiger partial charge is 0.243 e. The van der Waals surface area contributed by atoms with Crippen molar-refractivity contribution in [2.24, 2.45) is 12.0 Å². The minimum Gasteiger partial charge on any atom is -0.370 e. The van der Waals surface area contributed by atoms with Crippen molar-refractivity contribution >= 4 is 41.5 Å². The molecule has 2 aromatic heterocycles. The van der Waals surface area contributed by atoms with E-state index in [-0.39, 0.29) is 42.5 Å². The highest BCUT2D eigenvalue weighted by Gasteiger charge is 2.25. The summed E-state index contributed by atoms with van der Waals surface area (Å²) in [5.41, 5.74) is 1.69. The molecule has 9 nitrogen and oxygen atoms in total. The van der Waals surface area contributed by atoms with E-state index < -0.39 is 0 Å². The van der Waals surface area contributed by atoms with Crippen molar-refractivity contribution in [3.05, 3.63) is 42.5 Å². The summed E-state index contributed by atoms with van der Waals surface area (Å²) in [5, 5.41) is 10.1. The molecule has 0 aromatic carbocycles. The number of anilines is 1. The lowest BCUT2D eigenvalue weighted by atomic mass is 10.1. The molecule has 1 fully saturated rings. The number of rotatable bonds is 4. The number of hydrogen-bond donors (Lipinski definition) is 2. The number of aryl methyl sites for hydroxylation is 1. The van der Waals surface area contributed by atoms with Crippen molar-refractivity contribution in [1.82, 2.24) is 25.0 Å². The maximum absolute atomic E-state index is 12.1. The number of pyridine rings is 1. The predicted octanol–water partition coefficient (Wildman–Crippen LogP) is 1.02. The summed E-state index contributed by atoms with van der Waals surface area (Å²) in [6.07, 6.45) is 6.96. The molecular weight excluding hydrogens is 461 g/mol. The molecule has 10 heteroatoms. The van der Waals surface area contributed by atoms with Crippen LogP contribution in [0.2, 0.25) is 0 Å². The van der Waals surface area contributed by atoms with Gasteiger partial charge in [0, 0.05) is 38.6 Å². The standard InChI is InChI=1S/C17H23N7O2.HI/c1-18-17(20-10-16(25)22-14-4-3-5-19-9-14)24-6-7-26-15(12-24)13-8-21-23(2)11-13;/h3-5,8-9,11,15H,6-7,10,12H2,1-2H3,(H,18,20)(H,22,25);1H. The van der Waals surface area contributed by atoms with Crippen molar-refractivity contribution in [2.75, 3.05) is 38.6 Å². The van der Waals surface area contributed by atoms with E-state index in [9.17, 15) is 4.79 Å². The second-order valence-corrected chi connectivity index (χ2v) is 5.94. The van der Waals surface area contributed by atoms with Crippen molar-refractivity contribution < 1.29 is 9.53 Å². The molecule has 1 aliphatic rings. The summed E-state index contributed by atoms with van der Waals surface area (Å²) in [5.74, 6) is 0.514. The third-order valence-corrected chi connectivity index (χ3v) is 4.03. The summed E-state index contributed by atoms with van der Waals surface area (Å²) in [6, 6.07) is 3.56. The van der Waals surface area contributed by atoms with Crippen molar-refractivity contribution in [3.63, 3.8) is 0 Å². The second-order valence-electron chi connectivity index (χ2n) is 5.94. The molecule has 146 valence electrons. The predicted molar refractivity (Wildman–Crippen MR) is 113 cm³/mol. The fourth-order valence-electron chi connectivity index (χ4n) is 2.78. The van der Waals surface area contributed by atoms with Crippen LogP contribution in [0.25, 0.3) is 0 Å². The van der Waals surface area contributed by atoms with E-state index in [4.69, 9.17) is 4.74 Å². The van der Waals surface area contributed by atoms with E-state index in [1.54, 1.807) is 36.3 Å². The van der Waals surface area contributed by atoms with Crippen LogP contribution in [0.1, 0.15) is 11.7 Å². The fourth-order valence-corrected chi connectivity index (χ4v) is 2.78. The van der Waals surface area contributed by atoms with Gasteiger partial charge in [-0.15, -0.1) is 24.0 Å². The van der Waals surface area contributed by atoms with E-state index in [0.29, 0.717) is 31.3 Å². The first-order valence-electron chi connectivity index (χ1n) is 8.41. The number of halogens is 1. The van der Waals surface area contributed by atoms with Crippen LogP contribution in [0.15, 0.2) is 41.9 Å². The van der Waals surface area contributed by atoms with E-state index in [0.717, 1.165) is 5.56 Å². The number of aromatic nitrogens is 3. The SMILES string of the molecule is CN=C(NCC(=O)Nc1cccnc1)N1CCOC(c2cnn(C)c2)C1.I. The monoisotopic (exact) mass is 485 g/mol. The number of carbonyl (C=O) groups is 1. The van der Waals surface area contributed by atoms with Crippen LogP contribution in [-0.2, 0) is 16.6 Å². The molecule has 1 amide bonds. The number of guanidine groups is 1. The average molecular weight is 485 g/mol. The number of amides is 1. The highest BCUT2D eigenvalue weighted by Crippen LogP contribution is 2.21. The molecule has 2 aromatic rings. The van der Waals surface area contributed by atoms with Crippen LogP contribution in [0.3, 0.4) is 0 Å². The van der Waals surface area contributed by atoms with Crippen molar-refractivity contribution in [3.8, 4) is 0 Å². The first-order chi connectivity index (χ1) is 12.7. The molecule has 0 saturated carbocycles. The third kappa shape index (κ3) is 5.89. The van der Waals surface area contributed by atoms with Crippen LogP contribution < -0.4 is 10.6 Å². The van der Waals surface area contributed by atoms with Gasteiger partial charge in [-0.05, 0) is 12.1 Å². The van der Waals surface area contributed by atoms with E-state index >= 15 is 0 Å². The van der Waals surface area contributed by atoms with Gasteiger partial charge in [0.1, 0.15) is 6.10 Å². The topological polar surface area (TPSA) is 96.7 Å². The summed E-state index contributed by atoms with van der Waals surface area (Å²) in [4.78, 5) is 22.4. The van der Waals surface area contributed by atoms with Gasteiger partial charge < -0.3 is 20.3 Å². The fraction of sp³-hybridized carbons (Fsp3) is 0.412. The minimum absolute atomic E-state index is 0. The van der Waals surface area contributed by atoms with Gasteiger partial charge in [-0.3, -0.25) is 19.5 Å². The zero-order valence-electron chi connectivity index (χ0n) is 15.3. The van der Waals surface area contributed by atoms with Gasteiger partial charge >= 0.3 is 0 Å². The third-order valence-electron chi connectivity index (χ3n) is 4.03. The molecule has 1 unspecified atom stereocenters. The Hall–Kier alpha value is -2.21. The van der Waals surface area contributed by atoms with Gasteiger partial charge in [-0.2, -0.15) is 5.10 Å². The van der Waals surface area contributed by atoms with Crippen LogP contribution in [0, 0.1) is 0 Å². The molecule has 3 heterocycles. The summed E-state index contributed by atoms with van der Waals surface area (Å²) in [6.45, 7) is 2.06. The van der Waals surface area contributed by atoms with Crippen LogP contribution in [-0.4, -0.2) is 64.8 Å². The summed E-state index contributed by atoms with van der Waals surface area (Å²) >= 11 is 0. The Labute approximate surface area is 175 Å². The Bertz CT molecular complexity index is 766. The highest BCUT2D eigenvalue weighted by atomic mass is 127. The maximum atomic E-state index is 12.1. The summed E-state index contributed by atoms with van der Waals surface area (Å²) < 4.78 is 7.60. The first kappa shape index (κ1) is 21.1. The number of morpholine rings is 1. The highest BCUT2D eigenvalue weighted by molar-refractivity contribution is 14.0. The average Bonchev–Trinajstić information content (AvgIpc) is 3.10. The molecule has 1 atom stereocenters.